The number of fused-ring (bicyclic) bond motifs is 2. The van der Waals surface area contributed by atoms with Gasteiger partial charge in [-0.25, -0.2) is 9.37 Å². The molecule has 0 saturated carbocycles. The predicted molar refractivity (Wildman–Crippen MR) is 159 cm³/mol. The average Bonchev–Trinajstić information content (AvgIpc) is 3.65. The van der Waals surface area contributed by atoms with Crippen molar-refractivity contribution in [2.75, 3.05) is 12.4 Å². The van der Waals surface area contributed by atoms with Crippen LogP contribution in [0.25, 0.3) is 55.7 Å². The fourth-order valence-corrected chi connectivity index (χ4v) is 4.95. The fourth-order valence-electron chi connectivity index (χ4n) is 4.95. The van der Waals surface area contributed by atoms with Gasteiger partial charge in [-0.1, -0.05) is 18.2 Å². The van der Waals surface area contributed by atoms with Gasteiger partial charge in [0.15, 0.2) is 5.65 Å². The molecule has 10 heteroatoms. The summed E-state index contributed by atoms with van der Waals surface area (Å²) in [5, 5.41) is 12.0. The number of nitrogens with one attached hydrogen (secondary N) is 3. The number of carbonyl (C=O) groups excluding carboxylic acids is 1. The molecule has 7 aromatic rings. The molecule has 5 aromatic heterocycles. The number of benzene rings is 2. The standard InChI is InChI=1S/C32H22FN7O2/c1-42-24-11-19(9-22(33)13-24)29-25-14-28(38-27(25)7-8-35-29)30-26-12-21(16-36-31(26)40-39-30)20-10-23(17-34-15-20)37-32(41)18-5-3-2-4-6-18/h2-17,38H,1H3,(H,37,41)(H,36,39,40). The number of halogens is 1. The number of anilines is 1. The number of amides is 1. The predicted octanol–water partition coefficient (Wildman–Crippen LogP) is 6.63. The van der Waals surface area contributed by atoms with Gasteiger partial charge in [-0.3, -0.25) is 19.9 Å². The highest BCUT2D eigenvalue weighted by Gasteiger charge is 2.17. The SMILES string of the molecule is COc1cc(F)cc(-c2nccc3[nH]c(-c4n[nH]c5ncc(-c6cncc(NC(=O)c7ccccc7)c6)cc45)cc23)c1. The van der Waals surface area contributed by atoms with Gasteiger partial charge in [-0.15, -0.1) is 0 Å². The van der Waals surface area contributed by atoms with Crippen LogP contribution in [0.3, 0.4) is 0 Å². The molecule has 2 aromatic carbocycles. The molecule has 0 spiro atoms. The van der Waals surface area contributed by atoms with Crippen molar-refractivity contribution in [1.82, 2.24) is 30.1 Å². The van der Waals surface area contributed by atoms with Gasteiger partial charge in [-0.2, -0.15) is 5.10 Å². The van der Waals surface area contributed by atoms with E-state index in [1.54, 1.807) is 43.0 Å². The molecular weight excluding hydrogens is 533 g/mol. The summed E-state index contributed by atoms with van der Waals surface area (Å²) in [6.07, 6.45) is 6.72. The number of methoxy groups -OCH3 is 1. The van der Waals surface area contributed by atoms with E-state index in [1.807, 2.05) is 42.5 Å². The van der Waals surface area contributed by atoms with Gasteiger partial charge in [0.2, 0.25) is 0 Å². The third-order valence-electron chi connectivity index (χ3n) is 6.97. The van der Waals surface area contributed by atoms with Gasteiger partial charge >= 0.3 is 0 Å². The Balaban J connectivity index is 1.25. The number of aromatic nitrogens is 6. The van der Waals surface area contributed by atoms with E-state index >= 15 is 0 Å². The smallest absolute Gasteiger partial charge is 0.255 e. The molecule has 0 aliphatic rings. The molecule has 9 nitrogen and oxygen atoms in total. The van der Waals surface area contributed by atoms with Crippen molar-refractivity contribution in [3.8, 4) is 39.5 Å². The minimum absolute atomic E-state index is 0.218. The number of nitrogens with zero attached hydrogens (tertiary/aromatic N) is 4. The molecule has 0 atom stereocenters. The van der Waals surface area contributed by atoms with Gasteiger partial charge in [0.05, 0.1) is 30.4 Å². The summed E-state index contributed by atoms with van der Waals surface area (Å²) in [5.74, 6) is -0.215. The number of hydrogen-bond donors (Lipinski definition) is 3. The number of rotatable bonds is 6. The molecule has 0 radical (unpaired) electrons. The zero-order chi connectivity index (χ0) is 28.6. The molecule has 1 amide bonds. The number of carbonyl (C=O) groups is 1. The molecule has 204 valence electrons. The lowest BCUT2D eigenvalue weighted by Crippen LogP contribution is -2.11. The Hall–Kier alpha value is -5.90. The number of H-pyrrole nitrogens is 2. The van der Waals surface area contributed by atoms with Crippen LogP contribution in [0.4, 0.5) is 10.1 Å². The lowest BCUT2D eigenvalue weighted by Gasteiger charge is -2.07. The molecule has 0 aliphatic carbocycles. The maximum absolute atomic E-state index is 14.3. The Morgan fingerprint density at radius 2 is 1.71 bits per heavy atom. The summed E-state index contributed by atoms with van der Waals surface area (Å²) in [4.78, 5) is 29.5. The summed E-state index contributed by atoms with van der Waals surface area (Å²) in [7, 11) is 1.50. The summed E-state index contributed by atoms with van der Waals surface area (Å²) >= 11 is 0. The first-order valence-corrected chi connectivity index (χ1v) is 13.0. The third kappa shape index (κ3) is 4.60. The topological polar surface area (TPSA) is 121 Å². The van der Waals surface area contributed by atoms with Crippen molar-refractivity contribution in [2.45, 2.75) is 0 Å². The van der Waals surface area contributed by atoms with Crippen LogP contribution >= 0.6 is 0 Å². The summed E-state index contributed by atoms with van der Waals surface area (Å²) in [6.45, 7) is 0. The number of aromatic amines is 2. The zero-order valence-corrected chi connectivity index (χ0v) is 22.2. The van der Waals surface area contributed by atoms with Gasteiger partial charge in [0, 0.05) is 63.2 Å². The van der Waals surface area contributed by atoms with Crippen molar-refractivity contribution in [1.29, 1.82) is 0 Å². The Kier molecular flexibility index (Phi) is 6.12. The van der Waals surface area contributed by atoms with Crippen LogP contribution in [-0.2, 0) is 0 Å². The minimum atomic E-state index is -0.408. The lowest BCUT2D eigenvalue weighted by atomic mass is 10.1. The van der Waals surface area contributed by atoms with Crippen molar-refractivity contribution >= 4 is 33.5 Å². The molecule has 0 saturated heterocycles. The molecule has 42 heavy (non-hydrogen) atoms. The maximum atomic E-state index is 14.3. The van der Waals surface area contributed by atoms with Crippen LogP contribution < -0.4 is 10.1 Å². The van der Waals surface area contributed by atoms with E-state index < -0.39 is 5.82 Å². The van der Waals surface area contributed by atoms with E-state index in [9.17, 15) is 9.18 Å². The van der Waals surface area contributed by atoms with E-state index in [0.29, 0.717) is 39.6 Å². The van der Waals surface area contributed by atoms with E-state index in [1.165, 1.54) is 19.2 Å². The number of pyridine rings is 3. The Labute approximate surface area is 238 Å². The second kappa shape index (κ2) is 10.3. The zero-order valence-electron chi connectivity index (χ0n) is 22.2. The lowest BCUT2D eigenvalue weighted by molar-refractivity contribution is 0.102. The second-order valence-corrected chi connectivity index (χ2v) is 9.66. The molecular formula is C32H22FN7O2. The molecule has 7 rings (SSSR count). The van der Waals surface area contributed by atoms with Gasteiger partial charge < -0.3 is 15.0 Å². The number of ether oxygens (including phenoxy) is 1. The molecule has 0 fully saturated rings. The van der Waals surface area contributed by atoms with Gasteiger partial charge in [0.25, 0.3) is 5.91 Å². The Morgan fingerprint density at radius 1 is 0.857 bits per heavy atom. The normalized spacial score (nSPS) is 11.2. The first kappa shape index (κ1) is 25.1. The summed E-state index contributed by atoms with van der Waals surface area (Å²) in [5.41, 5.74) is 6.78. The highest BCUT2D eigenvalue weighted by molar-refractivity contribution is 6.04. The second-order valence-electron chi connectivity index (χ2n) is 9.66. The van der Waals surface area contributed by atoms with Crippen molar-refractivity contribution in [3.63, 3.8) is 0 Å². The van der Waals surface area contributed by atoms with Crippen LogP contribution in [-0.4, -0.2) is 43.2 Å². The van der Waals surface area contributed by atoms with E-state index in [2.05, 4.69) is 35.5 Å². The largest absolute Gasteiger partial charge is 0.497 e. The maximum Gasteiger partial charge on any atom is 0.255 e. The van der Waals surface area contributed by atoms with Gasteiger partial charge in [-0.05, 0) is 48.5 Å². The summed E-state index contributed by atoms with van der Waals surface area (Å²) in [6, 6.07) is 21.1. The summed E-state index contributed by atoms with van der Waals surface area (Å²) < 4.78 is 19.5. The van der Waals surface area contributed by atoms with E-state index in [0.717, 1.165) is 33.1 Å². The van der Waals surface area contributed by atoms with Crippen LogP contribution in [0.2, 0.25) is 0 Å². The highest BCUT2D eigenvalue weighted by atomic mass is 19.1. The first-order chi connectivity index (χ1) is 20.6. The first-order valence-electron chi connectivity index (χ1n) is 13.0. The van der Waals surface area contributed by atoms with E-state index in [-0.39, 0.29) is 5.91 Å². The third-order valence-corrected chi connectivity index (χ3v) is 6.97. The van der Waals surface area contributed by atoms with Crippen LogP contribution in [0.1, 0.15) is 10.4 Å². The van der Waals surface area contributed by atoms with Crippen LogP contribution in [0, 0.1) is 5.82 Å². The Bertz CT molecular complexity index is 2100. The highest BCUT2D eigenvalue weighted by Crippen LogP contribution is 2.35. The molecule has 3 N–H and O–H groups in total. The monoisotopic (exact) mass is 555 g/mol. The van der Waals surface area contributed by atoms with Crippen molar-refractivity contribution < 1.29 is 13.9 Å². The molecule has 0 aliphatic heterocycles. The molecule has 0 unspecified atom stereocenters. The van der Waals surface area contributed by atoms with Crippen molar-refractivity contribution in [3.05, 3.63) is 109 Å². The van der Waals surface area contributed by atoms with Gasteiger partial charge in [0.1, 0.15) is 17.3 Å². The van der Waals surface area contributed by atoms with E-state index in [4.69, 9.17) is 4.74 Å². The quantitative estimate of drug-likeness (QED) is 0.212. The van der Waals surface area contributed by atoms with Crippen LogP contribution in [0.15, 0.2) is 97.6 Å². The Morgan fingerprint density at radius 3 is 2.57 bits per heavy atom. The minimum Gasteiger partial charge on any atom is -0.497 e. The molecule has 5 heterocycles. The molecule has 0 bridgehead atoms. The number of hydrogen-bond acceptors (Lipinski definition) is 6. The average molecular weight is 556 g/mol. The fraction of sp³-hybridized carbons (Fsp3) is 0.0312. The van der Waals surface area contributed by atoms with Crippen molar-refractivity contribution in [2.24, 2.45) is 0 Å². The van der Waals surface area contributed by atoms with Crippen LogP contribution in [0.5, 0.6) is 5.75 Å².